The van der Waals surface area contributed by atoms with Crippen molar-refractivity contribution in [2.24, 2.45) is 5.92 Å². The summed E-state index contributed by atoms with van der Waals surface area (Å²) in [4.78, 5) is 12.9. The highest BCUT2D eigenvalue weighted by Crippen LogP contribution is 2.29. The van der Waals surface area contributed by atoms with Gasteiger partial charge in [-0.1, -0.05) is 32.4 Å². The van der Waals surface area contributed by atoms with Gasteiger partial charge >= 0.3 is 6.09 Å². The van der Waals surface area contributed by atoms with E-state index in [4.69, 9.17) is 4.74 Å². The second kappa shape index (κ2) is 8.92. The van der Waals surface area contributed by atoms with Crippen LogP contribution >= 0.6 is 0 Å². The molecule has 1 unspecified atom stereocenters. The minimum Gasteiger partial charge on any atom is -0.493 e. The van der Waals surface area contributed by atoms with Gasteiger partial charge in [0.2, 0.25) is 0 Å². The number of hydrogen-bond donors (Lipinski definition) is 2. The first kappa shape index (κ1) is 20.3. The average molecular weight is 337 g/mol. The largest absolute Gasteiger partial charge is 0.493 e. The zero-order chi connectivity index (χ0) is 18.3. The van der Waals surface area contributed by atoms with E-state index < -0.39 is 17.7 Å². The van der Waals surface area contributed by atoms with Gasteiger partial charge in [-0.15, -0.1) is 0 Å². The van der Waals surface area contributed by atoms with Crippen LogP contribution in [0.3, 0.4) is 0 Å². The van der Waals surface area contributed by atoms with E-state index in [1.54, 1.807) is 0 Å². The maximum absolute atomic E-state index is 11.6. The molecule has 5 nitrogen and oxygen atoms in total. The summed E-state index contributed by atoms with van der Waals surface area (Å²) in [7, 11) is 0. The van der Waals surface area contributed by atoms with Crippen LogP contribution in [-0.4, -0.2) is 40.0 Å². The molecule has 0 aromatic heterocycles. The van der Waals surface area contributed by atoms with Gasteiger partial charge in [0.1, 0.15) is 5.75 Å². The van der Waals surface area contributed by atoms with Crippen LogP contribution in [0.5, 0.6) is 5.75 Å². The van der Waals surface area contributed by atoms with Crippen LogP contribution in [0, 0.1) is 5.92 Å². The summed E-state index contributed by atoms with van der Waals surface area (Å²) in [6.07, 6.45) is 1.22. The Morgan fingerprint density at radius 2 is 1.83 bits per heavy atom. The van der Waals surface area contributed by atoms with Gasteiger partial charge in [0.25, 0.3) is 0 Å². The van der Waals surface area contributed by atoms with Crippen molar-refractivity contribution in [3.63, 3.8) is 0 Å². The molecule has 1 aromatic rings. The first-order chi connectivity index (χ1) is 11.2. The molecule has 0 aliphatic carbocycles. The molecule has 0 saturated heterocycles. The lowest BCUT2D eigenvalue weighted by molar-refractivity contribution is 0.0458. The third-order valence-electron chi connectivity index (χ3n) is 3.99. The first-order valence-electron chi connectivity index (χ1n) is 8.56. The van der Waals surface area contributed by atoms with Gasteiger partial charge in [0, 0.05) is 5.54 Å². The molecule has 2 atom stereocenters. The SMILES string of the molecule is CCCC(C)COc1ccc([C@H](CO)N(C(=O)O)C(C)(C)C)cc1. The molecule has 2 N–H and O–H groups in total. The van der Waals surface area contributed by atoms with Crippen molar-refractivity contribution in [1.29, 1.82) is 0 Å². The molecule has 1 aromatic carbocycles. The zero-order valence-corrected chi connectivity index (χ0v) is 15.5. The van der Waals surface area contributed by atoms with E-state index in [1.165, 1.54) is 4.90 Å². The Morgan fingerprint density at radius 1 is 1.25 bits per heavy atom. The number of ether oxygens (including phenoxy) is 1. The van der Waals surface area contributed by atoms with Crippen molar-refractivity contribution < 1.29 is 19.7 Å². The Labute approximate surface area is 145 Å². The summed E-state index contributed by atoms with van der Waals surface area (Å²) in [5.74, 6) is 1.26. The van der Waals surface area contributed by atoms with E-state index in [-0.39, 0.29) is 6.61 Å². The molecule has 0 bridgehead atoms. The number of carboxylic acid groups (broad SMARTS) is 1. The summed E-state index contributed by atoms with van der Waals surface area (Å²) in [5.41, 5.74) is 0.146. The van der Waals surface area contributed by atoms with Crippen LogP contribution in [-0.2, 0) is 0 Å². The van der Waals surface area contributed by atoms with Crippen LogP contribution in [0.15, 0.2) is 24.3 Å². The molecule has 0 aliphatic heterocycles. The lowest BCUT2D eigenvalue weighted by Gasteiger charge is -2.39. The molecular formula is C19H31NO4. The molecule has 136 valence electrons. The van der Waals surface area contributed by atoms with Gasteiger partial charge in [-0.05, 0) is 50.8 Å². The van der Waals surface area contributed by atoms with Gasteiger partial charge in [-0.2, -0.15) is 0 Å². The normalized spacial score (nSPS) is 14.1. The number of carbonyl (C=O) groups is 1. The van der Waals surface area contributed by atoms with Crippen LogP contribution in [0.4, 0.5) is 4.79 Å². The number of rotatable bonds is 8. The van der Waals surface area contributed by atoms with Gasteiger partial charge in [-0.3, -0.25) is 4.90 Å². The standard InChI is InChI=1S/C19H31NO4/c1-6-7-14(2)13-24-16-10-8-15(9-11-16)17(12-21)20(18(22)23)19(3,4)5/h8-11,14,17,21H,6-7,12-13H2,1-5H3,(H,22,23)/t14?,17-/m0/s1. The van der Waals surface area contributed by atoms with Crippen molar-refractivity contribution in [2.75, 3.05) is 13.2 Å². The van der Waals surface area contributed by atoms with E-state index >= 15 is 0 Å². The third-order valence-corrected chi connectivity index (χ3v) is 3.99. The molecule has 1 amide bonds. The van der Waals surface area contributed by atoms with E-state index in [0.717, 1.165) is 24.2 Å². The van der Waals surface area contributed by atoms with E-state index in [9.17, 15) is 15.0 Å². The number of hydrogen-bond acceptors (Lipinski definition) is 3. The lowest BCUT2D eigenvalue weighted by Crippen LogP contribution is -2.48. The molecular weight excluding hydrogens is 306 g/mol. The lowest BCUT2D eigenvalue weighted by atomic mass is 9.99. The maximum Gasteiger partial charge on any atom is 0.408 e. The number of benzene rings is 1. The quantitative estimate of drug-likeness (QED) is 0.741. The molecule has 24 heavy (non-hydrogen) atoms. The molecule has 0 radical (unpaired) electrons. The monoisotopic (exact) mass is 337 g/mol. The number of amides is 1. The van der Waals surface area contributed by atoms with E-state index in [1.807, 2.05) is 45.0 Å². The Balaban J connectivity index is 2.86. The van der Waals surface area contributed by atoms with Crippen molar-refractivity contribution in [3.8, 4) is 5.75 Å². The van der Waals surface area contributed by atoms with Crippen LogP contribution in [0.2, 0.25) is 0 Å². The predicted octanol–water partition coefficient (Wildman–Crippen LogP) is 4.31. The summed E-state index contributed by atoms with van der Waals surface area (Å²) in [5, 5.41) is 19.2. The Bertz CT molecular complexity index is 507. The Morgan fingerprint density at radius 3 is 2.25 bits per heavy atom. The van der Waals surface area contributed by atoms with Gasteiger partial charge in [-0.25, -0.2) is 4.79 Å². The third kappa shape index (κ3) is 5.71. The highest BCUT2D eigenvalue weighted by molar-refractivity contribution is 5.67. The fourth-order valence-electron chi connectivity index (χ4n) is 2.82. The molecule has 0 fully saturated rings. The molecule has 5 heteroatoms. The first-order valence-corrected chi connectivity index (χ1v) is 8.56. The minimum absolute atomic E-state index is 0.267. The topological polar surface area (TPSA) is 70.0 Å². The predicted molar refractivity (Wildman–Crippen MR) is 95.5 cm³/mol. The number of aliphatic hydroxyl groups is 1. The fourth-order valence-corrected chi connectivity index (χ4v) is 2.82. The summed E-state index contributed by atoms with van der Waals surface area (Å²) >= 11 is 0. The zero-order valence-electron chi connectivity index (χ0n) is 15.5. The molecule has 0 heterocycles. The van der Waals surface area contributed by atoms with Crippen LogP contribution in [0.25, 0.3) is 0 Å². The summed E-state index contributed by atoms with van der Waals surface area (Å²) < 4.78 is 5.77. The second-order valence-electron chi connectivity index (χ2n) is 7.30. The van der Waals surface area contributed by atoms with Crippen LogP contribution in [0.1, 0.15) is 59.1 Å². The summed E-state index contributed by atoms with van der Waals surface area (Å²) in [6.45, 7) is 10.2. The number of aliphatic hydroxyl groups excluding tert-OH is 1. The highest BCUT2D eigenvalue weighted by atomic mass is 16.5. The molecule has 0 aliphatic rings. The van der Waals surface area contributed by atoms with Gasteiger partial charge in [0.05, 0.1) is 19.3 Å². The van der Waals surface area contributed by atoms with E-state index in [0.29, 0.717) is 12.5 Å². The molecule has 0 spiro atoms. The van der Waals surface area contributed by atoms with Crippen molar-refractivity contribution in [3.05, 3.63) is 29.8 Å². The summed E-state index contributed by atoms with van der Waals surface area (Å²) in [6, 6.07) is 6.71. The fraction of sp³-hybridized carbons (Fsp3) is 0.632. The van der Waals surface area contributed by atoms with Crippen LogP contribution < -0.4 is 4.74 Å². The highest BCUT2D eigenvalue weighted by Gasteiger charge is 2.33. The molecule has 1 rings (SSSR count). The van der Waals surface area contributed by atoms with E-state index in [2.05, 4.69) is 13.8 Å². The Hall–Kier alpha value is -1.75. The number of nitrogens with zero attached hydrogens (tertiary/aromatic N) is 1. The van der Waals surface area contributed by atoms with Crippen molar-refractivity contribution >= 4 is 6.09 Å². The average Bonchev–Trinajstić information content (AvgIpc) is 2.49. The molecule has 0 saturated carbocycles. The van der Waals surface area contributed by atoms with Gasteiger partial charge < -0.3 is 14.9 Å². The minimum atomic E-state index is -1.05. The second-order valence-corrected chi connectivity index (χ2v) is 7.30. The van der Waals surface area contributed by atoms with Gasteiger partial charge in [0.15, 0.2) is 0 Å². The maximum atomic E-state index is 11.6. The smallest absolute Gasteiger partial charge is 0.408 e. The van der Waals surface area contributed by atoms with Crippen molar-refractivity contribution in [1.82, 2.24) is 4.90 Å². The Kier molecular flexibility index (Phi) is 7.55. The van der Waals surface area contributed by atoms with Crippen molar-refractivity contribution in [2.45, 2.75) is 59.0 Å².